The molecular formula is C20H23F3N4O3. The first-order chi connectivity index (χ1) is 14.4. The number of amides is 1. The van der Waals surface area contributed by atoms with Crippen molar-refractivity contribution in [2.45, 2.75) is 31.5 Å². The van der Waals surface area contributed by atoms with Crippen LogP contribution in [0.2, 0.25) is 0 Å². The smallest absolute Gasteiger partial charge is 0.365 e. The van der Waals surface area contributed by atoms with Crippen LogP contribution < -0.4 is 0 Å². The van der Waals surface area contributed by atoms with E-state index >= 15 is 0 Å². The Morgan fingerprint density at radius 3 is 2.73 bits per heavy atom. The van der Waals surface area contributed by atoms with Gasteiger partial charge in [0.25, 0.3) is 5.89 Å². The van der Waals surface area contributed by atoms with Gasteiger partial charge in [-0.2, -0.15) is 18.2 Å². The van der Waals surface area contributed by atoms with Gasteiger partial charge in [0.2, 0.25) is 11.7 Å². The van der Waals surface area contributed by atoms with E-state index in [1.165, 1.54) is 18.6 Å². The van der Waals surface area contributed by atoms with Crippen LogP contribution >= 0.6 is 0 Å². The third-order valence-electron chi connectivity index (χ3n) is 5.39. The molecule has 1 unspecified atom stereocenters. The summed E-state index contributed by atoms with van der Waals surface area (Å²) in [5, 5.41) is 3.80. The van der Waals surface area contributed by atoms with Crippen molar-refractivity contribution in [3.63, 3.8) is 0 Å². The van der Waals surface area contributed by atoms with Crippen molar-refractivity contribution in [2.24, 2.45) is 0 Å². The lowest BCUT2D eigenvalue weighted by Gasteiger charge is -2.33. The maximum atomic E-state index is 12.9. The summed E-state index contributed by atoms with van der Waals surface area (Å²) in [5.74, 6) is 0.233. The van der Waals surface area contributed by atoms with Gasteiger partial charge in [0, 0.05) is 12.1 Å². The lowest BCUT2D eigenvalue weighted by molar-refractivity contribution is -0.141. The summed E-state index contributed by atoms with van der Waals surface area (Å²) in [7, 11) is 0. The van der Waals surface area contributed by atoms with Crippen LogP contribution in [0, 0.1) is 0 Å². The zero-order chi connectivity index (χ0) is 21.1. The first-order valence-corrected chi connectivity index (χ1v) is 10.0. The van der Waals surface area contributed by atoms with E-state index in [2.05, 4.69) is 15.0 Å². The molecule has 1 aromatic carbocycles. The van der Waals surface area contributed by atoms with Crippen LogP contribution in [-0.2, 0) is 15.7 Å². The second-order valence-electron chi connectivity index (χ2n) is 7.57. The summed E-state index contributed by atoms with van der Waals surface area (Å²) in [5.41, 5.74) is -0.580. The third kappa shape index (κ3) is 4.81. The van der Waals surface area contributed by atoms with Gasteiger partial charge < -0.3 is 14.2 Å². The number of carbonyl (C=O) groups is 1. The number of morpholine rings is 1. The standard InChI is InChI=1S/C20H23F3N4O3/c21-20(22,23)15-6-4-5-14(11-15)18-24-19(30-25-18)16-12-27(9-10-29-16)17(28)13-26-7-2-1-3-8-26/h4-6,11,16H,1-3,7-10,12-13H2. The van der Waals surface area contributed by atoms with Crippen molar-refractivity contribution >= 4 is 5.91 Å². The predicted octanol–water partition coefficient (Wildman–Crippen LogP) is 3.14. The van der Waals surface area contributed by atoms with Crippen molar-refractivity contribution in [3.05, 3.63) is 35.7 Å². The third-order valence-corrected chi connectivity index (χ3v) is 5.39. The lowest BCUT2D eigenvalue weighted by Crippen LogP contribution is -2.47. The van der Waals surface area contributed by atoms with Crippen LogP contribution in [0.5, 0.6) is 0 Å². The number of aromatic nitrogens is 2. The van der Waals surface area contributed by atoms with Crippen LogP contribution in [0.25, 0.3) is 11.4 Å². The molecule has 4 rings (SSSR count). The number of likely N-dealkylation sites (tertiary alicyclic amines) is 1. The average molecular weight is 424 g/mol. The molecule has 30 heavy (non-hydrogen) atoms. The largest absolute Gasteiger partial charge is 0.416 e. The zero-order valence-electron chi connectivity index (χ0n) is 16.4. The maximum absolute atomic E-state index is 12.9. The number of rotatable bonds is 4. The molecule has 1 aromatic heterocycles. The molecule has 0 N–H and O–H groups in total. The number of alkyl halides is 3. The molecule has 1 amide bonds. The van der Waals surface area contributed by atoms with Crippen LogP contribution in [0.15, 0.2) is 28.8 Å². The molecule has 1 atom stereocenters. The minimum absolute atomic E-state index is 0.0304. The molecule has 2 aliphatic rings. The van der Waals surface area contributed by atoms with Gasteiger partial charge in [0.1, 0.15) is 0 Å². The highest BCUT2D eigenvalue weighted by Gasteiger charge is 2.32. The molecule has 0 radical (unpaired) electrons. The number of nitrogens with zero attached hydrogens (tertiary/aromatic N) is 4. The Balaban J connectivity index is 1.42. The van der Waals surface area contributed by atoms with Gasteiger partial charge in [-0.15, -0.1) is 0 Å². The first kappa shape index (κ1) is 20.8. The highest BCUT2D eigenvalue weighted by atomic mass is 19.4. The molecule has 2 aliphatic heterocycles. The molecule has 0 aliphatic carbocycles. The SMILES string of the molecule is O=C(CN1CCCCC1)N1CCOC(c2nc(-c3cccc(C(F)(F)F)c3)no2)C1. The van der Waals surface area contributed by atoms with Gasteiger partial charge >= 0.3 is 6.18 Å². The van der Waals surface area contributed by atoms with Gasteiger partial charge in [-0.1, -0.05) is 23.7 Å². The van der Waals surface area contributed by atoms with Crippen molar-refractivity contribution in [2.75, 3.05) is 39.3 Å². The fraction of sp³-hybridized carbons (Fsp3) is 0.550. The lowest BCUT2D eigenvalue weighted by atomic mass is 10.1. The quantitative estimate of drug-likeness (QED) is 0.751. The Bertz CT molecular complexity index is 880. The molecule has 2 saturated heterocycles. The van der Waals surface area contributed by atoms with E-state index in [1.54, 1.807) is 4.90 Å². The fourth-order valence-electron chi connectivity index (χ4n) is 3.75. The predicted molar refractivity (Wildman–Crippen MR) is 100 cm³/mol. The Morgan fingerprint density at radius 2 is 1.97 bits per heavy atom. The molecular weight excluding hydrogens is 401 g/mol. The number of ether oxygens (including phenoxy) is 1. The van der Waals surface area contributed by atoms with E-state index in [4.69, 9.17) is 9.26 Å². The van der Waals surface area contributed by atoms with Gasteiger partial charge in [-0.05, 0) is 38.1 Å². The Hall–Kier alpha value is -2.46. The Labute approximate surface area is 171 Å². The number of piperidine rings is 1. The van der Waals surface area contributed by atoms with Crippen LogP contribution in [-0.4, -0.2) is 65.2 Å². The Kier molecular flexibility index (Phi) is 6.05. The van der Waals surface area contributed by atoms with E-state index in [-0.39, 0.29) is 29.7 Å². The minimum Gasteiger partial charge on any atom is -0.365 e. The van der Waals surface area contributed by atoms with E-state index in [0.29, 0.717) is 19.7 Å². The summed E-state index contributed by atoms with van der Waals surface area (Å²) >= 11 is 0. The maximum Gasteiger partial charge on any atom is 0.416 e. The van der Waals surface area contributed by atoms with Crippen molar-refractivity contribution < 1.29 is 27.2 Å². The molecule has 0 saturated carbocycles. The molecule has 2 aromatic rings. The second-order valence-corrected chi connectivity index (χ2v) is 7.57. The number of benzene rings is 1. The van der Waals surface area contributed by atoms with Crippen molar-refractivity contribution in [1.82, 2.24) is 19.9 Å². The van der Waals surface area contributed by atoms with E-state index < -0.39 is 17.8 Å². The summed E-state index contributed by atoms with van der Waals surface area (Å²) in [4.78, 5) is 20.8. The summed E-state index contributed by atoms with van der Waals surface area (Å²) in [6.45, 7) is 3.34. The van der Waals surface area contributed by atoms with E-state index in [9.17, 15) is 18.0 Å². The highest BCUT2D eigenvalue weighted by Crippen LogP contribution is 2.32. The summed E-state index contributed by atoms with van der Waals surface area (Å²) in [6.07, 6.45) is -1.63. The molecule has 7 nitrogen and oxygen atoms in total. The monoisotopic (exact) mass is 424 g/mol. The number of halogens is 3. The molecule has 2 fully saturated rings. The van der Waals surface area contributed by atoms with Crippen LogP contribution in [0.1, 0.15) is 36.8 Å². The molecule has 3 heterocycles. The van der Waals surface area contributed by atoms with E-state index in [0.717, 1.165) is 38.1 Å². The first-order valence-electron chi connectivity index (χ1n) is 10.0. The second kappa shape index (κ2) is 8.73. The fourth-order valence-corrected chi connectivity index (χ4v) is 3.75. The molecule has 162 valence electrons. The van der Waals surface area contributed by atoms with Gasteiger partial charge in [0.05, 0.1) is 25.3 Å². The van der Waals surface area contributed by atoms with Gasteiger partial charge in [-0.3, -0.25) is 9.69 Å². The van der Waals surface area contributed by atoms with Gasteiger partial charge in [-0.25, -0.2) is 0 Å². The summed E-state index contributed by atoms with van der Waals surface area (Å²) < 4.78 is 49.7. The van der Waals surface area contributed by atoms with E-state index in [1.807, 2.05) is 0 Å². The van der Waals surface area contributed by atoms with Crippen LogP contribution in [0.4, 0.5) is 13.2 Å². The highest BCUT2D eigenvalue weighted by molar-refractivity contribution is 5.78. The summed E-state index contributed by atoms with van der Waals surface area (Å²) in [6, 6.07) is 4.75. The average Bonchev–Trinajstić information content (AvgIpc) is 3.24. The topological polar surface area (TPSA) is 71.7 Å². The van der Waals surface area contributed by atoms with Crippen molar-refractivity contribution in [3.8, 4) is 11.4 Å². The number of carbonyl (C=O) groups excluding carboxylic acids is 1. The number of hydrogen-bond donors (Lipinski definition) is 0. The number of hydrogen-bond acceptors (Lipinski definition) is 6. The minimum atomic E-state index is -4.45. The zero-order valence-corrected chi connectivity index (χ0v) is 16.4. The normalized spacial score (nSPS) is 21.0. The van der Waals surface area contributed by atoms with Crippen molar-refractivity contribution in [1.29, 1.82) is 0 Å². The van der Waals surface area contributed by atoms with Crippen LogP contribution in [0.3, 0.4) is 0 Å². The Morgan fingerprint density at radius 1 is 1.17 bits per heavy atom. The molecule has 0 spiro atoms. The molecule has 10 heteroatoms. The molecule has 0 bridgehead atoms. The van der Waals surface area contributed by atoms with Gasteiger partial charge in [0.15, 0.2) is 6.10 Å².